The van der Waals surface area contributed by atoms with E-state index in [-0.39, 0.29) is 18.0 Å². The Balaban J connectivity index is 1.74. The van der Waals surface area contributed by atoms with Gasteiger partial charge in [0.1, 0.15) is 5.75 Å². The van der Waals surface area contributed by atoms with Gasteiger partial charge in [-0.25, -0.2) is 4.68 Å². The van der Waals surface area contributed by atoms with Gasteiger partial charge in [-0.15, -0.1) is 5.10 Å². The van der Waals surface area contributed by atoms with Crippen LogP contribution in [0, 0.1) is 0 Å². The molecule has 4 rings (SSSR count). The molecule has 0 unspecified atom stereocenters. The first kappa shape index (κ1) is 15.8. The summed E-state index contributed by atoms with van der Waals surface area (Å²) in [7, 11) is 1.66. The highest BCUT2D eigenvalue weighted by Gasteiger charge is 2.31. The molecule has 1 aliphatic rings. The van der Waals surface area contributed by atoms with Crippen molar-refractivity contribution in [3.8, 4) is 5.75 Å². The lowest BCUT2D eigenvalue weighted by Crippen LogP contribution is -2.28. The van der Waals surface area contributed by atoms with E-state index >= 15 is 0 Å². The molecule has 6 nitrogen and oxygen atoms in total. The first-order valence-corrected chi connectivity index (χ1v) is 8.40. The van der Waals surface area contributed by atoms with Crippen molar-refractivity contribution in [2.45, 2.75) is 18.5 Å². The number of nitrogens with two attached hydrogens (primary N) is 1. The molecule has 2 aromatic carbocycles. The van der Waals surface area contributed by atoms with Crippen LogP contribution in [-0.2, 0) is 0 Å². The number of ether oxygens (including phenoxy) is 1. The van der Waals surface area contributed by atoms with E-state index in [9.17, 15) is 0 Å². The SMILES string of the molecule is COc1ccc([C@@H]2C[C@H](c3ccccc3Cl)n3nc(N)nc3N2)cc1. The fourth-order valence-corrected chi connectivity index (χ4v) is 3.51. The van der Waals surface area contributed by atoms with Crippen molar-refractivity contribution in [2.75, 3.05) is 18.2 Å². The zero-order valence-electron chi connectivity index (χ0n) is 13.7. The largest absolute Gasteiger partial charge is 0.497 e. The highest BCUT2D eigenvalue weighted by Crippen LogP contribution is 2.40. The molecule has 2 atom stereocenters. The van der Waals surface area contributed by atoms with Crippen LogP contribution in [0.4, 0.5) is 11.9 Å². The lowest BCUT2D eigenvalue weighted by atomic mass is 9.93. The fraction of sp³-hybridized carbons (Fsp3) is 0.222. The molecule has 0 aliphatic carbocycles. The van der Waals surface area contributed by atoms with Gasteiger partial charge in [0.2, 0.25) is 11.9 Å². The van der Waals surface area contributed by atoms with E-state index in [1.165, 1.54) is 0 Å². The highest BCUT2D eigenvalue weighted by atomic mass is 35.5. The number of nitrogens with zero attached hydrogens (tertiary/aromatic N) is 3. The van der Waals surface area contributed by atoms with Crippen molar-refractivity contribution in [2.24, 2.45) is 0 Å². The third-order valence-corrected chi connectivity index (χ3v) is 4.83. The third-order valence-electron chi connectivity index (χ3n) is 4.49. The average molecular weight is 356 g/mol. The summed E-state index contributed by atoms with van der Waals surface area (Å²) in [6.07, 6.45) is 0.784. The molecule has 0 amide bonds. The van der Waals surface area contributed by atoms with Gasteiger partial charge < -0.3 is 15.8 Å². The number of rotatable bonds is 3. The minimum atomic E-state index is -0.0400. The maximum atomic E-state index is 6.43. The van der Waals surface area contributed by atoms with Gasteiger partial charge in [0.05, 0.1) is 19.2 Å². The van der Waals surface area contributed by atoms with E-state index < -0.39 is 0 Å². The standard InChI is InChI=1S/C18H18ClN5O/c1-25-12-8-6-11(7-9-12)15-10-16(13-4-2-3-5-14(13)19)24-18(21-15)22-17(20)23-24/h2-9,15-16H,10H2,1H3,(H3,20,21,22,23)/t15-,16+/m0/s1. The Morgan fingerprint density at radius 1 is 1.20 bits per heavy atom. The van der Waals surface area contributed by atoms with Gasteiger partial charge in [0, 0.05) is 5.02 Å². The van der Waals surface area contributed by atoms with Gasteiger partial charge >= 0.3 is 0 Å². The van der Waals surface area contributed by atoms with Crippen LogP contribution in [-0.4, -0.2) is 21.9 Å². The van der Waals surface area contributed by atoms with Crippen LogP contribution in [0.5, 0.6) is 5.75 Å². The number of fused-ring (bicyclic) bond motifs is 1. The van der Waals surface area contributed by atoms with E-state index in [1.807, 2.05) is 41.1 Å². The van der Waals surface area contributed by atoms with E-state index in [1.54, 1.807) is 7.11 Å². The molecule has 1 aliphatic heterocycles. The zero-order chi connectivity index (χ0) is 17.4. The molecular formula is C18H18ClN5O. The summed E-state index contributed by atoms with van der Waals surface area (Å²) in [5.74, 6) is 1.72. The molecular weight excluding hydrogens is 338 g/mol. The molecule has 0 saturated heterocycles. The molecule has 3 N–H and O–H groups in total. The molecule has 0 fully saturated rings. The summed E-state index contributed by atoms with van der Waals surface area (Å²) >= 11 is 6.43. The molecule has 128 valence electrons. The van der Waals surface area contributed by atoms with E-state index in [0.29, 0.717) is 11.0 Å². The highest BCUT2D eigenvalue weighted by molar-refractivity contribution is 6.31. The average Bonchev–Trinajstić information content (AvgIpc) is 3.01. The smallest absolute Gasteiger partial charge is 0.241 e. The second-order valence-electron chi connectivity index (χ2n) is 5.98. The quantitative estimate of drug-likeness (QED) is 0.749. The summed E-state index contributed by atoms with van der Waals surface area (Å²) in [6, 6.07) is 15.8. The minimum absolute atomic E-state index is 0.0400. The minimum Gasteiger partial charge on any atom is -0.497 e. The van der Waals surface area contributed by atoms with Crippen LogP contribution in [0.1, 0.15) is 29.6 Å². The maximum absolute atomic E-state index is 6.43. The van der Waals surface area contributed by atoms with Gasteiger partial charge in [0.25, 0.3) is 0 Å². The van der Waals surface area contributed by atoms with Gasteiger partial charge in [-0.05, 0) is 35.7 Å². The zero-order valence-corrected chi connectivity index (χ0v) is 14.4. The second kappa shape index (κ2) is 6.29. The van der Waals surface area contributed by atoms with Crippen molar-refractivity contribution >= 4 is 23.5 Å². The monoisotopic (exact) mass is 355 g/mol. The third kappa shape index (κ3) is 2.89. The van der Waals surface area contributed by atoms with Crippen LogP contribution in [0.2, 0.25) is 5.02 Å². The van der Waals surface area contributed by atoms with E-state index in [2.05, 4.69) is 27.5 Å². The summed E-state index contributed by atoms with van der Waals surface area (Å²) < 4.78 is 7.06. The van der Waals surface area contributed by atoms with Crippen LogP contribution in [0.25, 0.3) is 0 Å². The molecule has 0 saturated carbocycles. The number of nitrogens with one attached hydrogen (secondary N) is 1. The van der Waals surface area contributed by atoms with Gasteiger partial charge in [-0.2, -0.15) is 4.98 Å². The molecule has 3 aromatic rings. The Labute approximate surface area is 150 Å². The van der Waals surface area contributed by atoms with Gasteiger partial charge in [0.15, 0.2) is 0 Å². The maximum Gasteiger partial charge on any atom is 0.241 e. The van der Waals surface area contributed by atoms with Crippen molar-refractivity contribution < 1.29 is 4.74 Å². The summed E-state index contributed by atoms with van der Waals surface area (Å²) in [5, 5.41) is 8.48. The van der Waals surface area contributed by atoms with Crippen molar-refractivity contribution in [3.63, 3.8) is 0 Å². The molecule has 0 spiro atoms. The Morgan fingerprint density at radius 2 is 1.96 bits per heavy atom. The number of hydrogen-bond acceptors (Lipinski definition) is 5. The lowest BCUT2D eigenvalue weighted by Gasteiger charge is -2.32. The molecule has 2 heterocycles. The summed E-state index contributed by atoms with van der Waals surface area (Å²) in [5.41, 5.74) is 7.98. The van der Waals surface area contributed by atoms with Crippen molar-refractivity contribution in [3.05, 3.63) is 64.7 Å². The Kier molecular flexibility index (Phi) is 3.97. The topological polar surface area (TPSA) is 78.0 Å². The predicted octanol–water partition coefficient (Wildman–Crippen LogP) is 3.67. The number of hydrogen-bond donors (Lipinski definition) is 2. The lowest BCUT2D eigenvalue weighted by molar-refractivity contribution is 0.413. The number of nitrogen functional groups attached to an aromatic ring is 1. The summed E-state index contributed by atoms with van der Waals surface area (Å²) in [4.78, 5) is 4.32. The fourth-order valence-electron chi connectivity index (χ4n) is 3.25. The Bertz CT molecular complexity index is 893. The van der Waals surface area contributed by atoms with Gasteiger partial charge in [-0.1, -0.05) is 41.9 Å². The molecule has 0 bridgehead atoms. The first-order chi connectivity index (χ1) is 12.2. The number of anilines is 2. The molecule has 0 radical (unpaired) electrons. The second-order valence-corrected chi connectivity index (χ2v) is 6.39. The molecule has 25 heavy (non-hydrogen) atoms. The van der Waals surface area contributed by atoms with Crippen molar-refractivity contribution in [1.82, 2.24) is 14.8 Å². The predicted molar refractivity (Wildman–Crippen MR) is 98.0 cm³/mol. The Morgan fingerprint density at radius 3 is 2.68 bits per heavy atom. The number of methoxy groups -OCH3 is 1. The number of halogens is 1. The van der Waals surface area contributed by atoms with Crippen LogP contribution in [0.3, 0.4) is 0 Å². The normalized spacial score (nSPS) is 19.1. The number of aromatic nitrogens is 3. The van der Waals surface area contributed by atoms with E-state index in [4.69, 9.17) is 22.1 Å². The van der Waals surface area contributed by atoms with Crippen LogP contribution >= 0.6 is 11.6 Å². The van der Waals surface area contributed by atoms with Crippen LogP contribution < -0.4 is 15.8 Å². The molecule has 7 heteroatoms. The first-order valence-electron chi connectivity index (χ1n) is 8.02. The Hall–Kier alpha value is -2.73. The molecule has 1 aromatic heterocycles. The van der Waals surface area contributed by atoms with E-state index in [0.717, 1.165) is 23.3 Å². The van der Waals surface area contributed by atoms with Crippen molar-refractivity contribution in [1.29, 1.82) is 0 Å². The number of benzene rings is 2. The van der Waals surface area contributed by atoms with Crippen LogP contribution in [0.15, 0.2) is 48.5 Å². The summed E-state index contributed by atoms with van der Waals surface area (Å²) in [6.45, 7) is 0. The van der Waals surface area contributed by atoms with Gasteiger partial charge in [-0.3, -0.25) is 0 Å².